The Kier molecular flexibility index (Phi) is 6.16. The van der Waals surface area contributed by atoms with Crippen LogP contribution in [-0.4, -0.2) is 36.1 Å². The van der Waals surface area contributed by atoms with Crippen molar-refractivity contribution in [2.75, 3.05) is 24.9 Å². The number of halogens is 3. The van der Waals surface area contributed by atoms with Crippen molar-refractivity contribution < 1.29 is 27.4 Å². The van der Waals surface area contributed by atoms with Crippen LogP contribution in [-0.2, 0) is 0 Å². The average molecular weight is 474 g/mol. The van der Waals surface area contributed by atoms with Crippen molar-refractivity contribution in [3.05, 3.63) is 64.8 Å². The van der Waals surface area contributed by atoms with Crippen molar-refractivity contribution >= 4 is 17.4 Å². The summed E-state index contributed by atoms with van der Waals surface area (Å²) in [5.41, 5.74) is 3.08. The highest BCUT2D eigenvalue weighted by molar-refractivity contribution is 6.03. The van der Waals surface area contributed by atoms with Crippen molar-refractivity contribution in [2.45, 2.75) is 38.5 Å². The van der Waals surface area contributed by atoms with E-state index in [1.165, 1.54) is 20.3 Å². The number of nitrogens with one attached hydrogen (secondary N) is 2. The Morgan fingerprint density at radius 2 is 1.79 bits per heavy atom. The first-order valence-electron chi connectivity index (χ1n) is 10.6. The molecule has 2 N–H and O–H groups in total. The number of fused-ring (bicyclic) bond motifs is 1. The highest BCUT2D eigenvalue weighted by Crippen LogP contribution is 2.44. The number of benzene rings is 2. The minimum atomic E-state index is -4.56. The monoisotopic (exact) mass is 474 g/mol. The Balaban J connectivity index is 1.64. The molecule has 0 unspecified atom stereocenters. The van der Waals surface area contributed by atoms with Gasteiger partial charge in [-0.05, 0) is 54.8 Å². The maximum atomic E-state index is 14.0. The van der Waals surface area contributed by atoms with Gasteiger partial charge in [0.1, 0.15) is 5.82 Å². The van der Waals surface area contributed by atoms with E-state index in [9.17, 15) is 18.0 Å². The van der Waals surface area contributed by atoms with Crippen molar-refractivity contribution in [1.29, 1.82) is 0 Å². The zero-order valence-corrected chi connectivity index (χ0v) is 19.2. The van der Waals surface area contributed by atoms with Crippen LogP contribution in [0.3, 0.4) is 0 Å². The molecule has 3 aromatic rings. The van der Waals surface area contributed by atoms with Crippen molar-refractivity contribution in [3.8, 4) is 11.5 Å². The lowest BCUT2D eigenvalue weighted by molar-refractivity contribution is -0.173. The zero-order valence-electron chi connectivity index (χ0n) is 19.2. The molecule has 2 heterocycles. The topological polar surface area (TPSA) is 77.4 Å². The number of hydrogen-bond donors (Lipinski definition) is 2. The van der Waals surface area contributed by atoms with Crippen LogP contribution in [0.5, 0.6) is 11.5 Å². The van der Waals surface area contributed by atoms with Crippen LogP contribution in [0.2, 0.25) is 0 Å². The molecule has 7 nitrogen and oxygen atoms in total. The molecule has 10 heteroatoms. The molecule has 0 bridgehead atoms. The molecule has 0 saturated carbocycles. The Bertz CT molecular complexity index is 1220. The third kappa shape index (κ3) is 4.52. The Hall–Kier alpha value is -3.69. The molecule has 180 valence electrons. The minimum Gasteiger partial charge on any atom is -0.493 e. The van der Waals surface area contributed by atoms with Crippen LogP contribution in [0.25, 0.3) is 0 Å². The highest BCUT2D eigenvalue weighted by atomic mass is 19.4. The number of methoxy groups -OCH3 is 2. The second kappa shape index (κ2) is 8.92. The molecule has 0 spiro atoms. The van der Waals surface area contributed by atoms with Crippen LogP contribution in [0.15, 0.2) is 42.5 Å². The Morgan fingerprint density at radius 1 is 1.06 bits per heavy atom. The first-order chi connectivity index (χ1) is 16.1. The van der Waals surface area contributed by atoms with E-state index in [0.717, 1.165) is 15.8 Å². The number of anilines is 2. The molecule has 1 aromatic heterocycles. The van der Waals surface area contributed by atoms with Gasteiger partial charge in [0.15, 0.2) is 23.2 Å². The third-order valence-electron chi connectivity index (χ3n) is 6.00. The molecule has 34 heavy (non-hydrogen) atoms. The van der Waals surface area contributed by atoms with Gasteiger partial charge in [0.05, 0.1) is 20.3 Å². The molecule has 0 saturated heterocycles. The first-order valence-corrected chi connectivity index (χ1v) is 10.6. The second-order valence-corrected chi connectivity index (χ2v) is 8.22. The van der Waals surface area contributed by atoms with Gasteiger partial charge < -0.3 is 20.1 Å². The largest absolute Gasteiger partial charge is 0.493 e. The van der Waals surface area contributed by atoms with Gasteiger partial charge in [-0.1, -0.05) is 12.1 Å². The number of rotatable bonds is 5. The Morgan fingerprint density at radius 3 is 2.44 bits per heavy atom. The van der Waals surface area contributed by atoms with Gasteiger partial charge >= 0.3 is 6.18 Å². The number of amides is 1. The van der Waals surface area contributed by atoms with E-state index in [1.807, 2.05) is 19.9 Å². The molecular formula is C24H25F3N4O3. The van der Waals surface area contributed by atoms with E-state index in [0.29, 0.717) is 22.7 Å². The van der Waals surface area contributed by atoms with Gasteiger partial charge in [-0.15, -0.1) is 0 Å². The van der Waals surface area contributed by atoms with Crippen LogP contribution in [0.1, 0.15) is 45.7 Å². The summed E-state index contributed by atoms with van der Waals surface area (Å²) in [4.78, 5) is 12.8. The fraction of sp³-hybridized carbons (Fsp3) is 0.333. The molecule has 2 atom stereocenters. The van der Waals surface area contributed by atoms with E-state index in [4.69, 9.17) is 9.47 Å². The van der Waals surface area contributed by atoms with E-state index in [-0.39, 0.29) is 17.9 Å². The normalized spacial score (nSPS) is 17.5. The number of hydrogen-bond acceptors (Lipinski definition) is 5. The van der Waals surface area contributed by atoms with Crippen molar-refractivity contribution in [1.82, 2.24) is 9.78 Å². The van der Waals surface area contributed by atoms with E-state index in [1.54, 1.807) is 30.3 Å². The summed E-state index contributed by atoms with van der Waals surface area (Å²) >= 11 is 0. The van der Waals surface area contributed by atoms with Crippen LogP contribution >= 0.6 is 0 Å². The fourth-order valence-electron chi connectivity index (χ4n) is 3.99. The van der Waals surface area contributed by atoms with Gasteiger partial charge in [0, 0.05) is 18.2 Å². The summed E-state index contributed by atoms with van der Waals surface area (Å²) in [6.45, 7) is 3.86. The second-order valence-electron chi connectivity index (χ2n) is 8.22. The number of nitrogens with zero attached hydrogens (tertiary/aromatic N) is 2. The predicted octanol–water partition coefficient (Wildman–Crippen LogP) is 5.43. The number of aryl methyl sites for hydroxylation is 2. The Labute approximate surface area is 194 Å². The molecule has 0 radical (unpaired) electrons. The number of aromatic nitrogens is 2. The number of carbonyl (C=O) groups is 1. The van der Waals surface area contributed by atoms with Gasteiger partial charge in [-0.3, -0.25) is 4.79 Å². The lowest BCUT2D eigenvalue weighted by Crippen LogP contribution is -2.35. The summed E-state index contributed by atoms with van der Waals surface area (Å²) in [5, 5.41) is 9.79. The molecule has 1 amide bonds. The van der Waals surface area contributed by atoms with E-state index in [2.05, 4.69) is 15.7 Å². The summed E-state index contributed by atoms with van der Waals surface area (Å²) < 4.78 is 53.3. The van der Waals surface area contributed by atoms with Crippen molar-refractivity contribution in [3.63, 3.8) is 0 Å². The fourth-order valence-corrected chi connectivity index (χ4v) is 3.99. The third-order valence-corrected chi connectivity index (χ3v) is 6.00. The lowest BCUT2D eigenvalue weighted by atomic mass is 9.96. The molecule has 4 rings (SSSR count). The highest BCUT2D eigenvalue weighted by Gasteiger charge is 2.47. The maximum absolute atomic E-state index is 14.0. The zero-order chi connectivity index (χ0) is 24.6. The van der Waals surface area contributed by atoms with Gasteiger partial charge in [0.2, 0.25) is 0 Å². The summed E-state index contributed by atoms with van der Waals surface area (Å²) in [7, 11) is 2.95. The van der Waals surface area contributed by atoms with E-state index >= 15 is 0 Å². The summed E-state index contributed by atoms with van der Waals surface area (Å²) in [6, 6.07) is 9.13. The molecule has 2 aromatic carbocycles. The van der Waals surface area contributed by atoms with Gasteiger partial charge in [-0.25, -0.2) is 4.68 Å². The maximum Gasteiger partial charge on any atom is 0.410 e. The SMILES string of the molecule is COc1ccc([C@@H]2C[C@H](C(F)(F)F)n3nc(C(=O)Nc4ccc(C)c(C)c4)cc3N2)cc1OC. The molecule has 1 aliphatic heterocycles. The summed E-state index contributed by atoms with van der Waals surface area (Å²) in [6.07, 6.45) is -4.86. The molecule has 1 aliphatic rings. The average Bonchev–Trinajstić information content (AvgIpc) is 3.24. The van der Waals surface area contributed by atoms with Crippen LogP contribution < -0.4 is 20.1 Å². The number of carbonyl (C=O) groups excluding carboxylic acids is 1. The summed E-state index contributed by atoms with van der Waals surface area (Å²) in [5.74, 6) is 0.414. The van der Waals surface area contributed by atoms with Crippen LogP contribution in [0, 0.1) is 13.8 Å². The quantitative estimate of drug-likeness (QED) is 0.516. The lowest BCUT2D eigenvalue weighted by Gasteiger charge is -2.33. The van der Waals surface area contributed by atoms with E-state index < -0.39 is 24.2 Å². The molecule has 0 fully saturated rings. The number of ether oxygens (including phenoxy) is 2. The molecule has 0 aliphatic carbocycles. The minimum absolute atomic E-state index is 0.108. The van der Waals surface area contributed by atoms with Crippen molar-refractivity contribution in [2.24, 2.45) is 0 Å². The van der Waals surface area contributed by atoms with Crippen LogP contribution in [0.4, 0.5) is 24.7 Å². The van der Waals surface area contributed by atoms with Gasteiger partial charge in [0.25, 0.3) is 5.91 Å². The first kappa shape index (κ1) is 23.5. The predicted molar refractivity (Wildman–Crippen MR) is 122 cm³/mol. The standard InChI is InChI=1S/C24H25F3N4O3/c1-13-5-7-16(9-14(13)2)28-23(32)18-12-22-29-17(11-21(24(25,26)27)31(22)30-18)15-6-8-19(33-3)20(10-15)34-4/h5-10,12,17,21,29H,11H2,1-4H3,(H,28,32)/t17-,21+/m0/s1. The number of alkyl halides is 3. The smallest absolute Gasteiger partial charge is 0.410 e. The molecular weight excluding hydrogens is 449 g/mol. The van der Waals surface area contributed by atoms with Gasteiger partial charge in [-0.2, -0.15) is 18.3 Å².